The van der Waals surface area contributed by atoms with Crippen LogP contribution in [0, 0.1) is 5.82 Å². The molecule has 9 nitrogen and oxygen atoms in total. The Kier molecular flexibility index (Phi) is 4.45. The van der Waals surface area contributed by atoms with Crippen LogP contribution in [0.2, 0.25) is 0 Å². The molecule has 5 rings (SSSR count). The first kappa shape index (κ1) is 22.0. The third kappa shape index (κ3) is 3.17. The van der Waals surface area contributed by atoms with Crippen LogP contribution in [0.1, 0.15) is 25.3 Å². The smallest absolute Gasteiger partial charge is 0.310 e. The molecule has 1 atom stereocenters. The molecule has 2 aliphatic heterocycles. The highest BCUT2D eigenvalue weighted by atomic mass is 19.4. The maximum atomic E-state index is 13.9. The van der Waals surface area contributed by atoms with Crippen LogP contribution in [0.15, 0.2) is 12.3 Å². The number of hydrogen-bond donors (Lipinski definition) is 2. The number of amides is 2. The molecule has 3 aromatic rings. The van der Waals surface area contributed by atoms with E-state index < -0.39 is 48.1 Å². The molecule has 0 bridgehead atoms. The monoisotopic (exact) mass is 485 g/mol. The minimum Gasteiger partial charge on any atom is -0.310 e. The van der Waals surface area contributed by atoms with E-state index in [1.165, 1.54) is 0 Å². The molecule has 2 N–H and O–H groups in total. The van der Waals surface area contributed by atoms with Gasteiger partial charge in [-0.1, -0.05) is 0 Å². The van der Waals surface area contributed by atoms with Gasteiger partial charge < -0.3 is 10.6 Å². The molecule has 0 aromatic carbocycles. The van der Waals surface area contributed by atoms with Crippen molar-refractivity contribution in [3.05, 3.63) is 23.6 Å². The van der Waals surface area contributed by atoms with Crippen molar-refractivity contribution in [1.82, 2.24) is 24.7 Å². The van der Waals surface area contributed by atoms with Gasteiger partial charge in [0, 0.05) is 19.4 Å². The molecule has 0 aliphatic carbocycles. The van der Waals surface area contributed by atoms with Crippen LogP contribution in [0.5, 0.6) is 0 Å². The van der Waals surface area contributed by atoms with Crippen molar-refractivity contribution < 1.29 is 35.9 Å². The summed E-state index contributed by atoms with van der Waals surface area (Å²) in [5.41, 5.74) is -1.22. The minimum atomic E-state index is -5.76. The van der Waals surface area contributed by atoms with E-state index in [0.717, 1.165) is 16.9 Å². The molecule has 0 fully saturated rings. The Balaban J connectivity index is 1.63. The van der Waals surface area contributed by atoms with Gasteiger partial charge in [-0.05, 0) is 13.0 Å². The normalized spacial score (nSPS) is 19.9. The van der Waals surface area contributed by atoms with E-state index >= 15 is 0 Å². The summed E-state index contributed by atoms with van der Waals surface area (Å²) < 4.78 is 79.4. The summed E-state index contributed by atoms with van der Waals surface area (Å²) in [5, 5.41) is 9.03. The van der Waals surface area contributed by atoms with E-state index in [0.29, 0.717) is 5.56 Å². The van der Waals surface area contributed by atoms with Crippen LogP contribution in [0.25, 0.3) is 22.6 Å². The summed E-state index contributed by atoms with van der Waals surface area (Å²) in [5.74, 6) is -6.93. The van der Waals surface area contributed by atoms with Gasteiger partial charge in [-0.3, -0.25) is 9.59 Å². The fourth-order valence-electron chi connectivity index (χ4n) is 4.04. The van der Waals surface area contributed by atoms with Crippen molar-refractivity contribution in [3.63, 3.8) is 0 Å². The molecule has 3 aromatic heterocycles. The number of carbonyl (C=O) groups is 2. The Morgan fingerprint density at radius 3 is 2.47 bits per heavy atom. The summed E-state index contributed by atoms with van der Waals surface area (Å²) in [6, 6.07) is 0.951. The highest BCUT2D eigenvalue weighted by Gasteiger charge is 2.57. The third-order valence-corrected chi connectivity index (χ3v) is 5.78. The molecule has 2 amide bonds. The number of hydrogen-bond acceptors (Lipinski definition) is 6. The lowest BCUT2D eigenvalue weighted by Gasteiger charge is -2.27. The molecule has 178 valence electrons. The SMILES string of the molecule is CC12CC(=O)Nc3nc(-c4nn(CCC(F)(F)C(F)(F)F)c5ncc(F)cc45)nc(c31)NC2=O. The summed E-state index contributed by atoms with van der Waals surface area (Å²) in [4.78, 5) is 36.8. The number of anilines is 2. The molecule has 2 aliphatic rings. The first-order valence-corrected chi connectivity index (χ1v) is 9.81. The number of nitrogens with zero attached hydrogens (tertiary/aromatic N) is 5. The molecule has 5 heterocycles. The third-order valence-electron chi connectivity index (χ3n) is 5.78. The quantitative estimate of drug-likeness (QED) is 0.549. The van der Waals surface area contributed by atoms with E-state index in [2.05, 4.69) is 30.7 Å². The lowest BCUT2D eigenvalue weighted by atomic mass is 9.79. The first-order valence-electron chi connectivity index (χ1n) is 9.81. The van der Waals surface area contributed by atoms with Gasteiger partial charge in [0.25, 0.3) is 0 Å². The van der Waals surface area contributed by atoms with Gasteiger partial charge in [0.15, 0.2) is 11.5 Å². The van der Waals surface area contributed by atoms with Gasteiger partial charge in [-0.15, -0.1) is 0 Å². The average Bonchev–Trinajstić information content (AvgIpc) is 3.20. The molecule has 0 spiro atoms. The van der Waals surface area contributed by atoms with Crippen molar-refractivity contribution in [1.29, 1.82) is 0 Å². The highest BCUT2D eigenvalue weighted by Crippen LogP contribution is 2.46. The molecular weight excluding hydrogens is 472 g/mol. The number of nitrogens with one attached hydrogen (secondary N) is 2. The second-order valence-corrected chi connectivity index (χ2v) is 8.18. The molecule has 0 radical (unpaired) electrons. The first-order chi connectivity index (χ1) is 15.8. The van der Waals surface area contributed by atoms with Crippen molar-refractivity contribution in [2.45, 2.75) is 43.8 Å². The Morgan fingerprint density at radius 2 is 1.79 bits per heavy atom. The zero-order valence-corrected chi connectivity index (χ0v) is 17.1. The number of aromatic nitrogens is 5. The lowest BCUT2D eigenvalue weighted by molar-refractivity contribution is -0.285. The van der Waals surface area contributed by atoms with Gasteiger partial charge >= 0.3 is 12.1 Å². The number of pyridine rings is 1. The second-order valence-electron chi connectivity index (χ2n) is 8.18. The topological polar surface area (TPSA) is 115 Å². The number of carbonyl (C=O) groups excluding carboxylic acids is 2. The zero-order chi connectivity index (χ0) is 24.6. The Hall–Kier alpha value is -3.78. The molecule has 34 heavy (non-hydrogen) atoms. The maximum absolute atomic E-state index is 13.9. The molecule has 0 saturated carbocycles. The Labute approximate surface area is 185 Å². The fraction of sp³-hybridized carbons (Fsp3) is 0.368. The van der Waals surface area contributed by atoms with Gasteiger partial charge in [0.05, 0.1) is 22.6 Å². The fourth-order valence-corrected chi connectivity index (χ4v) is 4.04. The largest absolute Gasteiger partial charge is 0.453 e. The molecule has 15 heteroatoms. The lowest BCUT2D eigenvalue weighted by Crippen LogP contribution is -2.39. The van der Waals surface area contributed by atoms with Crippen molar-refractivity contribution >= 4 is 34.5 Å². The highest BCUT2D eigenvalue weighted by molar-refractivity contribution is 6.13. The van der Waals surface area contributed by atoms with E-state index in [1.54, 1.807) is 6.92 Å². The maximum Gasteiger partial charge on any atom is 0.453 e. The number of rotatable bonds is 4. The van der Waals surface area contributed by atoms with Crippen LogP contribution in [-0.4, -0.2) is 48.6 Å². The van der Waals surface area contributed by atoms with Crippen LogP contribution in [0.4, 0.5) is 38.0 Å². The second kappa shape index (κ2) is 6.87. The summed E-state index contributed by atoms with van der Waals surface area (Å²) >= 11 is 0. The number of aryl methyl sites for hydroxylation is 1. The Morgan fingerprint density at radius 1 is 1.12 bits per heavy atom. The van der Waals surface area contributed by atoms with Crippen molar-refractivity contribution in [3.8, 4) is 11.5 Å². The van der Waals surface area contributed by atoms with E-state index in [9.17, 15) is 35.9 Å². The standard InChI is InChI=1S/C19H13F6N7O2/c1-17-5-9(33)27-12-10(17)13(30-16(17)34)29-14(28-12)11-8-4-7(20)6-26-15(8)32(31-11)3-2-18(21,22)19(23,24)25/h4,6H,2-3,5H2,1H3,(H2,27,28,29,30,33,34). The van der Waals surface area contributed by atoms with E-state index in [1.807, 2.05) is 0 Å². The van der Waals surface area contributed by atoms with Crippen molar-refractivity contribution in [2.75, 3.05) is 10.6 Å². The Bertz CT molecular complexity index is 1390. The van der Waals surface area contributed by atoms with Crippen molar-refractivity contribution in [2.24, 2.45) is 0 Å². The minimum absolute atomic E-state index is 0.00719. The molecule has 1 unspecified atom stereocenters. The summed E-state index contributed by atoms with van der Waals surface area (Å²) in [6.45, 7) is 0.647. The van der Waals surface area contributed by atoms with Crippen LogP contribution < -0.4 is 10.6 Å². The number of halogens is 6. The van der Waals surface area contributed by atoms with Crippen LogP contribution >= 0.6 is 0 Å². The number of fused-ring (bicyclic) bond motifs is 1. The predicted molar refractivity (Wildman–Crippen MR) is 103 cm³/mol. The predicted octanol–water partition coefficient (Wildman–Crippen LogP) is 3.17. The van der Waals surface area contributed by atoms with Gasteiger partial charge in [0.1, 0.15) is 23.1 Å². The van der Waals surface area contributed by atoms with Gasteiger partial charge in [0.2, 0.25) is 11.8 Å². The number of alkyl halides is 5. The van der Waals surface area contributed by atoms with E-state index in [4.69, 9.17) is 0 Å². The summed E-state index contributed by atoms with van der Waals surface area (Å²) in [7, 11) is 0. The molecular formula is C19H13F6N7O2. The van der Waals surface area contributed by atoms with Gasteiger partial charge in [-0.2, -0.15) is 27.1 Å². The van der Waals surface area contributed by atoms with E-state index in [-0.39, 0.29) is 40.6 Å². The average molecular weight is 485 g/mol. The zero-order valence-electron chi connectivity index (χ0n) is 17.1. The van der Waals surface area contributed by atoms with Crippen LogP contribution in [0.3, 0.4) is 0 Å². The summed E-state index contributed by atoms with van der Waals surface area (Å²) in [6.07, 6.45) is -6.77. The van der Waals surface area contributed by atoms with Crippen LogP contribution in [-0.2, 0) is 21.5 Å². The van der Waals surface area contributed by atoms with Gasteiger partial charge in [-0.25, -0.2) is 24.0 Å². The molecule has 0 saturated heterocycles.